The molecule has 2 aliphatic rings. The van der Waals surface area contributed by atoms with Gasteiger partial charge in [-0.2, -0.15) is 0 Å². The van der Waals surface area contributed by atoms with Crippen LogP contribution in [0.5, 0.6) is 0 Å². The summed E-state index contributed by atoms with van der Waals surface area (Å²) in [6, 6.07) is -1.87. The van der Waals surface area contributed by atoms with Crippen LogP contribution in [0.1, 0.15) is 55.4 Å². The molecule has 3 amide bonds. The van der Waals surface area contributed by atoms with E-state index in [-0.39, 0.29) is 46.6 Å². The summed E-state index contributed by atoms with van der Waals surface area (Å²) in [6.45, 7) is 17.3. The van der Waals surface area contributed by atoms with Gasteiger partial charge in [0.15, 0.2) is 0 Å². The highest BCUT2D eigenvalue weighted by Crippen LogP contribution is 2.65. The Morgan fingerprint density at radius 1 is 1.06 bits per heavy atom. The number of hydrogen-bond donors (Lipinski definition) is 3. The molecule has 2 unspecified atom stereocenters. The lowest BCUT2D eigenvalue weighted by Crippen LogP contribution is -2.61. The highest BCUT2D eigenvalue weighted by Gasteiger charge is 2.70. The van der Waals surface area contributed by atoms with Crippen molar-refractivity contribution < 1.29 is 19.1 Å². The van der Waals surface area contributed by atoms with Gasteiger partial charge in [-0.25, -0.2) is 9.59 Å². The standard InChI is InChI=1S/C23H42N4O4/c1-21(2,3)14(11-24-9)25-20(30)26-17(22(4,5)6)18(28)27-12-13-15(23(13,7)8)16(27)19(29)31-10/h13-17,24H,11-12H2,1-10H3,(H2,25,26,30)/t13?,14-,15?,16+,17-/m1/s1. The molecule has 0 aromatic heterocycles. The third-order valence-corrected chi connectivity index (χ3v) is 7.08. The molecule has 3 N–H and O–H groups in total. The fourth-order valence-corrected chi connectivity index (χ4v) is 4.83. The number of nitrogens with zero attached hydrogens (tertiary/aromatic N) is 1. The number of likely N-dealkylation sites (tertiary alicyclic amines) is 1. The Morgan fingerprint density at radius 2 is 1.65 bits per heavy atom. The zero-order chi connectivity index (χ0) is 23.9. The van der Waals surface area contributed by atoms with E-state index in [1.807, 2.05) is 27.8 Å². The Hall–Kier alpha value is -1.83. The van der Waals surface area contributed by atoms with Crippen LogP contribution in [0.3, 0.4) is 0 Å². The summed E-state index contributed by atoms with van der Waals surface area (Å²) in [5.74, 6) is -0.248. The fourth-order valence-electron chi connectivity index (χ4n) is 4.83. The molecular formula is C23H42N4O4. The van der Waals surface area contributed by atoms with Crippen LogP contribution < -0.4 is 16.0 Å². The number of urea groups is 1. The molecule has 0 aromatic rings. The van der Waals surface area contributed by atoms with E-state index in [0.717, 1.165) is 0 Å². The molecule has 0 spiro atoms. The maximum atomic E-state index is 13.6. The molecule has 1 heterocycles. The summed E-state index contributed by atoms with van der Waals surface area (Å²) in [5.41, 5.74) is -0.665. The van der Waals surface area contributed by atoms with E-state index in [1.165, 1.54) is 7.11 Å². The summed E-state index contributed by atoms with van der Waals surface area (Å²) in [5, 5.41) is 9.01. The van der Waals surface area contributed by atoms with Crippen LogP contribution in [0, 0.1) is 28.1 Å². The summed E-state index contributed by atoms with van der Waals surface area (Å²) < 4.78 is 5.03. The van der Waals surface area contributed by atoms with Crippen LogP contribution in [-0.4, -0.2) is 68.2 Å². The lowest BCUT2D eigenvalue weighted by molar-refractivity contribution is -0.154. The van der Waals surface area contributed by atoms with Crippen molar-refractivity contribution in [3.8, 4) is 0 Å². The molecule has 31 heavy (non-hydrogen) atoms. The number of fused-ring (bicyclic) bond motifs is 1. The number of likely N-dealkylation sites (N-methyl/N-ethyl adjacent to an activating group) is 1. The van der Waals surface area contributed by atoms with Gasteiger partial charge in [0, 0.05) is 25.0 Å². The van der Waals surface area contributed by atoms with E-state index < -0.39 is 17.5 Å². The van der Waals surface area contributed by atoms with E-state index in [9.17, 15) is 14.4 Å². The van der Waals surface area contributed by atoms with E-state index in [1.54, 1.807) is 4.90 Å². The fraction of sp³-hybridized carbons (Fsp3) is 0.870. The van der Waals surface area contributed by atoms with E-state index in [4.69, 9.17) is 4.74 Å². The summed E-state index contributed by atoms with van der Waals surface area (Å²) in [4.78, 5) is 40.7. The summed E-state index contributed by atoms with van der Waals surface area (Å²) >= 11 is 0. The van der Waals surface area contributed by atoms with E-state index >= 15 is 0 Å². The Kier molecular flexibility index (Phi) is 7.06. The molecule has 1 aliphatic heterocycles. The molecule has 2 rings (SSSR count). The third kappa shape index (κ3) is 5.16. The highest BCUT2D eigenvalue weighted by atomic mass is 16.5. The Balaban J connectivity index is 2.20. The zero-order valence-corrected chi connectivity index (χ0v) is 20.9. The Bertz CT molecular complexity index is 707. The summed E-state index contributed by atoms with van der Waals surface area (Å²) in [7, 11) is 3.20. The van der Waals surface area contributed by atoms with Crippen molar-refractivity contribution in [2.45, 2.75) is 73.5 Å². The Morgan fingerprint density at radius 3 is 2.10 bits per heavy atom. The van der Waals surface area contributed by atoms with Crippen LogP contribution >= 0.6 is 0 Å². The van der Waals surface area contributed by atoms with Crippen molar-refractivity contribution in [3.63, 3.8) is 0 Å². The van der Waals surface area contributed by atoms with Gasteiger partial charge in [-0.3, -0.25) is 4.79 Å². The van der Waals surface area contributed by atoms with Crippen LogP contribution in [-0.2, 0) is 14.3 Å². The second-order valence-corrected chi connectivity index (χ2v) is 11.8. The molecule has 0 aromatic carbocycles. The number of rotatable bonds is 6. The van der Waals surface area contributed by atoms with Crippen LogP contribution in [0.2, 0.25) is 0 Å². The molecular weight excluding hydrogens is 396 g/mol. The molecule has 1 aliphatic carbocycles. The second-order valence-electron chi connectivity index (χ2n) is 11.8. The number of hydrogen-bond acceptors (Lipinski definition) is 5. The van der Waals surface area contributed by atoms with E-state index in [0.29, 0.717) is 13.1 Å². The number of piperidine rings is 1. The first-order chi connectivity index (χ1) is 14.1. The number of amides is 3. The predicted molar refractivity (Wildman–Crippen MR) is 120 cm³/mol. The van der Waals surface area contributed by atoms with Crippen molar-refractivity contribution in [1.82, 2.24) is 20.9 Å². The molecule has 0 bridgehead atoms. The topological polar surface area (TPSA) is 99.8 Å². The lowest BCUT2D eigenvalue weighted by Gasteiger charge is -2.38. The van der Waals surface area contributed by atoms with Gasteiger partial charge in [0.2, 0.25) is 5.91 Å². The molecule has 1 saturated heterocycles. The first-order valence-corrected chi connectivity index (χ1v) is 11.2. The van der Waals surface area contributed by atoms with Gasteiger partial charge in [-0.15, -0.1) is 0 Å². The monoisotopic (exact) mass is 438 g/mol. The molecule has 1 saturated carbocycles. The third-order valence-electron chi connectivity index (χ3n) is 7.08. The lowest BCUT2D eigenvalue weighted by atomic mass is 9.85. The summed E-state index contributed by atoms with van der Waals surface area (Å²) in [6.07, 6.45) is 0. The van der Waals surface area contributed by atoms with Gasteiger partial charge < -0.3 is 25.6 Å². The number of nitrogens with one attached hydrogen (secondary N) is 3. The van der Waals surface area contributed by atoms with Crippen LogP contribution in [0.4, 0.5) is 4.79 Å². The van der Waals surface area contributed by atoms with Crippen molar-refractivity contribution in [1.29, 1.82) is 0 Å². The molecule has 178 valence electrons. The van der Waals surface area contributed by atoms with Crippen LogP contribution in [0.15, 0.2) is 0 Å². The Labute approximate surface area is 187 Å². The number of methoxy groups -OCH3 is 1. The second kappa shape index (κ2) is 8.60. The van der Waals surface area contributed by atoms with Gasteiger partial charge in [-0.05, 0) is 29.2 Å². The molecule has 5 atom stereocenters. The normalized spacial score (nSPS) is 26.5. The maximum Gasteiger partial charge on any atom is 0.328 e. The molecule has 2 fully saturated rings. The van der Waals surface area contributed by atoms with Crippen molar-refractivity contribution in [2.75, 3.05) is 27.2 Å². The molecule has 8 heteroatoms. The van der Waals surface area contributed by atoms with Crippen molar-refractivity contribution in [2.24, 2.45) is 28.1 Å². The molecule has 8 nitrogen and oxygen atoms in total. The largest absolute Gasteiger partial charge is 0.467 e. The average molecular weight is 439 g/mol. The SMILES string of the molecule is CNC[C@@H](NC(=O)N[C@H](C(=O)N1CC2C([C@H]1C(=O)OC)C2(C)C)C(C)(C)C)C(C)(C)C. The minimum absolute atomic E-state index is 0.0186. The number of carbonyl (C=O) groups excluding carboxylic acids is 3. The predicted octanol–water partition coefficient (Wildman–Crippen LogP) is 1.99. The van der Waals surface area contributed by atoms with Gasteiger partial charge in [0.25, 0.3) is 0 Å². The van der Waals surface area contributed by atoms with Gasteiger partial charge >= 0.3 is 12.0 Å². The number of ether oxygens (including phenoxy) is 1. The van der Waals surface area contributed by atoms with Gasteiger partial charge in [-0.1, -0.05) is 55.4 Å². The minimum Gasteiger partial charge on any atom is -0.467 e. The first-order valence-electron chi connectivity index (χ1n) is 11.2. The maximum absolute atomic E-state index is 13.6. The number of carbonyl (C=O) groups is 3. The number of esters is 1. The van der Waals surface area contributed by atoms with Crippen molar-refractivity contribution >= 4 is 17.9 Å². The zero-order valence-electron chi connectivity index (χ0n) is 20.9. The first kappa shape index (κ1) is 25.4. The van der Waals surface area contributed by atoms with Gasteiger partial charge in [0.05, 0.1) is 7.11 Å². The quantitative estimate of drug-likeness (QED) is 0.551. The highest BCUT2D eigenvalue weighted by molar-refractivity contribution is 5.92. The average Bonchev–Trinajstić information content (AvgIpc) is 2.99. The van der Waals surface area contributed by atoms with Crippen LogP contribution in [0.25, 0.3) is 0 Å². The smallest absolute Gasteiger partial charge is 0.328 e. The van der Waals surface area contributed by atoms with Gasteiger partial charge in [0.1, 0.15) is 12.1 Å². The minimum atomic E-state index is -0.768. The van der Waals surface area contributed by atoms with E-state index in [2.05, 4.69) is 50.6 Å². The van der Waals surface area contributed by atoms with Crippen molar-refractivity contribution in [3.05, 3.63) is 0 Å². The molecule has 0 radical (unpaired) electrons.